The fourth-order valence-electron chi connectivity index (χ4n) is 2.28. The van der Waals surface area contributed by atoms with Crippen LogP contribution in [0.3, 0.4) is 0 Å². The molecule has 0 aromatic heterocycles. The average molecular weight is 288 g/mol. The third kappa shape index (κ3) is 4.45. The molecule has 0 aliphatic carbocycles. The molecule has 2 nitrogen and oxygen atoms in total. The Morgan fingerprint density at radius 3 is 2.38 bits per heavy atom. The normalized spacial score (nSPS) is 14.0. The summed E-state index contributed by atoms with van der Waals surface area (Å²) < 4.78 is 5.50. The van der Waals surface area contributed by atoms with E-state index in [-0.39, 0.29) is 5.97 Å². The first kappa shape index (κ1) is 17.5. The van der Waals surface area contributed by atoms with Crippen LogP contribution in [-0.4, -0.2) is 5.97 Å². The van der Waals surface area contributed by atoms with Crippen LogP contribution < -0.4 is 4.74 Å². The molecule has 0 aliphatic heterocycles. The number of ether oxygens (including phenoxy) is 1. The van der Waals surface area contributed by atoms with Gasteiger partial charge in [0.05, 0.1) is 5.41 Å². The predicted octanol–water partition coefficient (Wildman–Crippen LogP) is 5.41. The van der Waals surface area contributed by atoms with Gasteiger partial charge in [-0.3, -0.25) is 4.79 Å². The molecule has 0 aliphatic rings. The van der Waals surface area contributed by atoms with E-state index in [1.54, 1.807) is 0 Å². The summed E-state index contributed by atoms with van der Waals surface area (Å²) in [6.07, 6.45) is 3.24. The zero-order chi connectivity index (χ0) is 16.2. The van der Waals surface area contributed by atoms with E-state index in [0.717, 1.165) is 12.0 Å². The Bertz CT molecular complexity index is 533. The second-order valence-corrected chi connectivity index (χ2v) is 6.60. The van der Waals surface area contributed by atoms with Gasteiger partial charge in [-0.1, -0.05) is 37.6 Å². The van der Waals surface area contributed by atoms with Crippen molar-refractivity contribution in [3.05, 3.63) is 41.0 Å². The molecule has 21 heavy (non-hydrogen) atoms. The SMILES string of the molecule is CC=C(CC)C(C)c1ccc(OC(=O)C(C)(C)C)c(C)c1. The zero-order valence-corrected chi connectivity index (χ0v) is 14.4. The van der Waals surface area contributed by atoms with Crippen molar-refractivity contribution >= 4 is 5.97 Å². The summed E-state index contributed by atoms with van der Waals surface area (Å²) in [7, 11) is 0. The fraction of sp³-hybridized carbons (Fsp3) is 0.526. The zero-order valence-electron chi connectivity index (χ0n) is 14.4. The van der Waals surface area contributed by atoms with Crippen LogP contribution in [0.4, 0.5) is 0 Å². The molecular weight excluding hydrogens is 260 g/mol. The number of hydrogen-bond acceptors (Lipinski definition) is 2. The van der Waals surface area contributed by atoms with Crippen LogP contribution in [0.5, 0.6) is 5.75 Å². The molecule has 0 saturated carbocycles. The molecule has 1 atom stereocenters. The molecule has 1 unspecified atom stereocenters. The van der Waals surface area contributed by atoms with Crippen molar-refractivity contribution in [3.63, 3.8) is 0 Å². The second-order valence-electron chi connectivity index (χ2n) is 6.60. The maximum Gasteiger partial charge on any atom is 0.316 e. The lowest BCUT2D eigenvalue weighted by atomic mass is 9.90. The quantitative estimate of drug-likeness (QED) is 0.421. The Labute approximate surface area is 129 Å². The van der Waals surface area contributed by atoms with E-state index in [1.165, 1.54) is 11.1 Å². The van der Waals surface area contributed by atoms with Crippen molar-refractivity contribution in [2.45, 2.75) is 60.8 Å². The molecule has 0 radical (unpaired) electrons. The molecule has 116 valence electrons. The van der Waals surface area contributed by atoms with Gasteiger partial charge in [-0.05, 0) is 58.2 Å². The fourth-order valence-corrected chi connectivity index (χ4v) is 2.28. The van der Waals surface area contributed by atoms with Gasteiger partial charge in [0.1, 0.15) is 5.75 Å². The molecule has 0 amide bonds. The van der Waals surface area contributed by atoms with Gasteiger partial charge in [0.15, 0.2) is 0 Å². The molecular formula is C19H28O2. The van der Waals surface area contributed by atoms with Gasteiger partial charge in [0, 0.05) is 5.92 Å². The number of allylic oxidation sites excluding steroid dienone is 2. The van der Waals surface area contributed by atoms with Crippen LogP contribution in [-0.2, 0) is 4.79 Å². The minimum atomic E-state index is -0.487. The van der Waals surface area contributed by atoms with Crippen molar-refractivity contribution in [3.8, 4) is 5.75 Å². The van der Waals surface area contributed by atoms with Crippen LogP contribution in [0.25, 0.3) is 0 Å². The van der Waals surface area contributed by atoms with E-state index in [9.17, 15) is 4.79 Å². The third-order valence-electron chi connectivity index (χ3n) is 3.85. The first-order chi connectivity index (χ1) is 9.70. The highest BCUT2D eigenvalue weighted by Gasteiger charge is 2.24. The highest BCUT2D eigenvalue weighted by atomic mass is 16.5. The molecule has 1 rings (SSSR count). The largest absolute Gasteiger partial charge is 0.426 e. The lowest BCUT2D eigenvalue weighted by Crippen LogP contribution is -2.25. The lowest BCUT2D eigenvalue weighted by molar-refractivity contribution is -0.143. The van der Waals surface area contributed by atoms with E-state index in [2.05, 4.69) is 39.0 Å². The minimum Gasteiger partial charge on any atom is -0.426 e. The first-order valence-electron chi connectivity index (χ1n) is 7.68. The minimum absolute atomic E-state index is 0.200. The second kappa shape index (κ2) is 6.93. The van der Waals surface area contributed by atoms with Gasteiger partial charge < -0.3 is 4.74 Å². The number of hydrogen-bond donors (Lipinski definition) is 0. The van der Waals surface area contributed by atoms with Crippen LogP contribution in [0, 0.1) is 12.3 Å². The van der Waals surface area contributed by atoms with Crippen LogP contribution in [0.2, 0.25) is 0 Å². The average Bonchev–Trinajstić information content (AvgIpc) is 2.41. The van der Waals surface area contributed by atoms with E-state index < -0.39 is 5.41 Å². The van der Waals surface area contributed by atoms with E-state index in [0.29, 0.717) is 11.7 Å². The van der Waals surface area contributed by atoms with Gasteiger partial charge in [-0.25, -0.2) is 0 Å². The summed E-state index contributed by atoms with van der Waals surface area (Å²) in [5.41, 5.74) is 3.20. The monoisotopic (exact) mass is 288 g/mol. The third-order valence-corrected chi connectivity index (χ3v) is 3.85. The molecule has 1 aromatic rings. The molecule has 1 aromatic carbocycles. The van der Waals surface area contributed by atoms with Gasteiger partial charge >= 0.3 is 5.97 Å². The number of rotatable bonds is 4. The smallest absolute Gasteiger partial charge is 0.316 e. The lowest BCUT2D eigenvalue weighted by Gasteiger charge is -2.19. The summed E-state index contributed by atoms with van der Waals surface area (Å²) in [5.74, 6) is 0.851. The van der Waals surface area contributed by atoms with Gasteiger partial charge in [-0.2, -0.15) is 0 Å². The number of carbonyl (C=O) groups excluding carboxylic acids is 1. The number of aryl methyl sites for hydroxylation is 1. The maximum absolute atomic E-state index is 12.0. The van der Waals surface area contributed by atoms with Crippen molar-refractivity contribution in [2.24, 2.45) is 5.41 Å². The summed E-state index contributed by atoms with van der Waals surface area (Å²) in [6.45, 7) is 14.1. The molecule has 0 heterocycles. The number of esters is 1. The van der Waals surface area contributed by atoms with E-state index >= 15 is 0 Å². The highest BCUT2D eigenvalue weighted by molar-refractivity contribution is 5.78. The molecule has 2 heteroatoms. The van der Waals surface area contributed by atoms with E-state index in [1.807, 2.05) is 33.8 Å². The van der Waals surface area contributed by atoms with Crippen molar-refractivity contribution in [1.29, 1.82) is 0 Å². The van der Waals surface area contributed by atoms with Crippen molar-refractivity contribution in [1.82, 2.24) is 0 Å². The molecule has 0 fully saturated rings. The van der Waals surface area contributed by atoms with Gasteiger partial charge in [0.25, 0.3) is 0 Å². The number of benzene rings is 1. The highest BCUT2D eigenvalue weighted by Crippen LogP contribution is 2.30. The standard InChI is InChI=1S/C19H28O2/c1-8-15(9-2)14(4)16-10-11-17(13(3)12-16)21-18(20)19(5,6)7/h8,10-12,14H,9H2,1-7H3. The number of carbonyl (C=O) groups is 1. The molecule has 0 bridgehead atoms. The van der Waals surface area contributed by atoms with Gasteiger partial charge in [0.2, 0.25) is 0 Å². The Morgan fingerprint density at radius 2 is 1.95 bits per heavy atom. The Balaban J connectivity index is 2.99. The predicted molar refractivity (Wildman–Crippen MR) is 88.7 cm³/mol. The Kier molecular flexibility index (Phi) is 5.77. The van der Waals surface area contributed by atoms with Crippen LogP contribution in [0.15, 0.2) is 29.8 Å². The molecule has 0 saturated heterocycles. The summed E-state index contributed by atoms with van der Waals surface area (Å²) >= 11 is 0. The maximum atomic E-state index is 12.0. The van der Waals surface area contributed by atoms with Crippen molar-refractivity contribution in [2.75, 3.05) is 0 Å². The van der Waals surface area contributed by atoms with Crippen LogP contribution >= 0.6 is 0 Å². The summed E-state index contributed by atoms with van der Waals surface area (Å²) in [4.78, 5) is 12.0. The van der Waals surface area contributed by atoms with Crippen molar-refractivity contribution < 1.29 is 9.53 Å². The topological polar surface area (TPSA) is 26.3 Å². The Morgan fingerprint density at radius 1 is 1.33 bits per heavy atom. The summed E-state index contributed by atoms with van der Waals surface area (Å²) in [6, 6.07) is 6.09. The Hall–Kier alpha value is -1.57. The summed E-state index contributed by atoms with van der Waals surface area (Å²) in [5, 5.41) is 0. The molecule has 0 spiro atoms. The first-order valence-corrected chi connectivity index (χ1v) is 7.68. The van der Waals surface area contributed by atoms with Gasteiger partial charge in [-0.15, -0.1) is 0 Å². The molecule has 0 N–H and O–H groups in total. The van der Waals surface area contributed by atoms with E-state index in [4.69, 9.17) is 4.74 Å². The van der Waals surface area contributed by atoms with Crippen LogP contribution in [0.1, 0.15) is 65.0 Å².